The van der Waals surface area contributed by atoms with Crippen LogP contribution in [0.25, 0.3) is 10.9 Å². The fourth-order valence-corrected chi connectivity index (χ4v) is 5.15. The number of aromatic nitrogens is 1. The van der Waals surface area contributed by atoms with Gasteiger partial charge in [0.25, 0.3) is 0 Å². The van der Waals surface area contributed by atoms with Gasteiger partial charge in [0.2, 0.25) is 0 Å². The molecule has 138 valence electrons. The molecule has 0 saturated carbocycles. The molecule has 5 nitrogen and oxygen atoms in total. The zero-order valence-electron chi connectivity index (χ0n) is 15.6. The third-order valence-electron chi connectivity index (χ3n) is 6.49. The predicted molar refractivity (Wildman–Crippen MR) is 100 cm³/mol. The number of esters is 1. The topological polar surface area (TPSA) is 62.4 Å². The first-order valence-corrected chi connectivity index (χ1v) is 9.46. The van der Waals surface area contributed by atoms with E-state index >= 15 is 0 Å². The number of ketones is 1. The third kappa shape index (κ3) is 2.57. The minimum atomic E-state index is -0.255. The molecule has 1 saturated heterocycles. The standard InChI is InChI=1S/C21H26N2O3/c1-4-12-11-23(2)17-9-15-13-7-5-6-8-16(13)22-20(15)18(24)10-14(12)19(17)21(25)26-3/h5-8,12,14,17,19,22H,4,9-11H2,1-3H3/t12-,14+,17+,19-/m0/s1. The molecule has 1 aromatic heterocycles. The monoisotopic (exact) mass is 354 g/mol. The molecular weight excluding hydrogens is 328 g/mol. The maximum absolute atomic E-state index is 13.1. The molecule has 1 aliphatic carbocycles. The molecule has 0 radical (unpaired) electrons. The average Bonchev–Trinajstić information content (AvgIpc) is 3.01. The molecule has 5 heteroatoms. The van der Waals surface area contributed by atoms with Crippen molar-refractivity contribution in [2.24, 2.45) is 17.8 Å². The van der Waals surface area contributed by atoms with Crippen molar-refractivity contribution in [1.29, 1.82) is 0 Å². The van der Waals surface area contributed by atoms with Crippen molar-refractivity contribution in [3.05, 3.63) is 35.5 Å². The number of hydrogen-bond acceptors (Lipinski definition) is 4. The molecule has 2 heterocycles. The quantitative estimate of drug-likeness (QED) is 0.842. The number of aromatic amines is 1. The van der Waals surface area contributed by atoms with E-state index in [2.05, 4.69) is 29.9 Å². The molecule has 4 atom stereocenters. The molecule has 1 aromatic carbocycles. The number of benzene rings is 1. The maximum Gasteiger partial charge on any atom is 0.310 e. The van der Waals surface area contributed by atoms with Gasteiger partial charge < -0.3 is 14.6 Å². The summed E-state index contributed by atoms with van der Waals surface area (Å²) in [5.74, 6) is 0.0584. The van der Waals surface area contributed by atoms with Crippen LogP contribution in [-0.2, 0) is 16.0 Å². The summed E-state index contributed by atoms with van der Waals surface area (Å²) < 4.78 is 5.17. The molecule has 26 heavy (non-hydrogen) atoms. The number of fused-ring (bicyclic) bond motifs is 5. The van der Waals surface area contributed by atoms with E-state index in [-0.39, 0.29) is 29.6 Å². The van der Waals surface area contributed by atoms with Crippen LogP contribution in [0.1, 0.15) is 35.8 Å². The summed E-state index contributed by atoms with van der Waals surface area (Å²) in [6.45, 7) is 3.06. The van der Waals surface area contributed by atoms with Gasteiger partial charge in [-0.05, 0) is 36.9 Å². The number of ether oxygens (including phenoxy) is 1. The zero-order valence-corrected chi connectivity index (χ0v) is 15.6. The highest BCUT2D eigenvalue weighted by molar-refractivity contribution is 6.03. The summed E-state index contributed by atoms with van der Waals surface area (Å²) in [6, 6.07) is 8.10. The lowest BCUT2D eigenvalue weighted by atomic mass is 9.67. The Labute approximate surface area is 153 Å². The van der Waals surface area contributed by atoms with Crippen LogP contribution >= 0.6 is 0 Å². The van der Waals surface area contributed by atoms with Crippen LogP contribution < -0.4 is 0 Å². The SMILES string of the molecule is CC[C@H]1CN(C)[C@@H]2Cc3c([nH]c4ccccc34)C(=O)C[C@H]1[C@@H]2C(=O)OC. The van der Waals surface area contributed by atoms with E-state index in [4.69, 9.17) is 4.74 Å². The summed E-state index contributed by atoms with van der Waals surface area (Å²) in [5.41, 5.74) is 2.77. The maximum atomic E-state index is 13.1. The van der Waals surface area contributed by atoms with Gasteiger partial charge >= 0.3 is 5.97 Å². The van der Waals surface area contributed by atoms with Crippen molar-refractivity contribution < 1.29 is 14.3 Å². The van der Waals surface area contributed by atoms with E-state index < -0.39 is 0 Å². The number of H-pyrrole nitrogens is 1. The average molecular weight is 354 g/mol. The van der Waals surface area contributed by atoms with Crippen LogP contribution in [0.4, 0.5) is 0 Å². The number of methoxy groups -OCH3 is 1. The Morgan fingerprint density at radius 2 is 2.08 bits per heavy atom. The molecule has 2 aliphatic rings. The number of likely N-dealkylation sites (N-methyl/N-ethyl adjacent to an activating group) is 1. The lowest BCUT2D eigenvalue weighted by Crippen LogP contribution is -2.56. The summed E-state index contributed by atoms with van der Waals surface area (Å²) in [4.78, 5) is 31.5. The van der Waals surface area contributed by atoms with Crippen LogP contribution in [0.2, 0.25) is 0 Å². The fraction of sp³-hybridized carbons (Fsp3) is 0.524. The number of rotatable bonds is 2. The number of carbonyl (C=O) groups is 2. The molecule has 4 rings (SSSR count). The van der Waals surface area contributed by atoms with E-state index in [1.165, 1.54) is 7.11 Å². The Balaban J connectivity index is 1.88. The van der Waals surface area contributed by atoms with Gasteiger partial charge in [-0.15, -0.1) is 0 Å². The Morgan fingerprint density at radius 3 is 2.81 bits per heavy atom. The van der Waals surface area contributed by atoms with Crippen LogP contribution in [-0.4, -0.2) is 48.4 Å². The molecule has 1 aliphatic heterocycles. The van der Waals surface area contributed by atoms with E-state index in [9.17, 15) is 9.59 Å². The van der Waals surface area contributed by atoms with Gasteiger partial charge in [-0.3, -0.25) is 9.59 Å². The van der Waals surface area contributed by atoms with Gasteiger partial charge in [-0.2, -0.15) is 0 Å². The van der Waals surface area contributed by atoms with E-state index in [0.29, 0.717) is 18.8 Å². The molecule has 0 spiro atoms. The van der Waals surface area contributed by atoms with Gasteiger partial charge in [0.1, 0.15) is 0 Å². The summed E-state index contributed by atoms with van der Waals surface area (Å²) in [5, 5.41) is 1.09. The number of hydrogen-bond donors (Lipinski definition) is 1. The van der Waals surface area contributed by atoms with E-state index in [1.807, 2.05) is 18.2 Å². The van der Waals surface area contributed by atoms with Crippen molar-refractivity contribution in [2.45, 2.75) is 32.2 Å². The van der Waals surface area contributed by atoms with Gasteiger partial charge in [0.05, 0.1) is 18.7 Å². The van der Waals surface area contributed by atoms with Crippen LogP contribution in [0, 0.1) is 17.8 Å². The third-order valence-corrected chi connectivity index (χ3v) is 6.49. The van der Waals surface area contributed by atoms with Crippen molar-refractivity contribution in [1.82, 2.24) is 9.88 Å². The first kappa shape index (κ1) is 17.3. The molecule has 2 bridgehead atoms. The minimum Gasteiger partial charge on any atom is -0.469 e. The fourth-order valence-electron chi connectivity index (χ4n) is 5.15. The van der Waals surface area contributed by atoms with Crippen molar-refractivity contribution >= 4 is 22.7 Å². The van der Waals surface area contributed by atoms with Gasteiger partial charge in [0, 0.05) is 29.9 Å². The highest BCUT2D eigenvalue weighted by Crippen LogP contribution is 2.42. The second-order valence-corrected chi connectivity index (χ2v) is 7.74. The van der Waals surface area contributed by atoms with Crippen molar-refractivity contribution in [3.8, 4) is 0 Å². The summed E-state index contributed by atoms with van der Waals surface area (Å²) in [6.07, 6.45) is 2.05. The second-order valence-electron chi connectivity index (χ2n) is 7.74. The highest BCUT2D eigenvalue weighted by atomic mass is 16.5. The molecule has 0 unspecified atom stereocenters. The lowest BCUT2D eigenvalue weighted by Gasteiger charge is -2.47. The summed E-state index contributed by atoms with van der Waals surface area (Å²) in [7, 11) is 3.55. The number of nitrogens with one attached hydrogen (secondary N) is 1. The number of likely N-dealkylation sites (tertiary alicyclic amines) is 1. The predicted octanol–water partition coefficient (Wildman–Crippen LogP) is 3.04. The molecule has 0 amide bonds. The number of carbonyl (C=O) groups excluding carboxylic acids is 2. The van der Waals surface area contributed by atoms with Crippen LogP contribution in [0.15, 0.2) is 24.3 Å². The first-order valence-electron chi connectivity index (χ1n) is 9.46. The molecule has 1 N–H and O–H groups in total. The van der Waals surface area contributed by atoms with Crippen molar-refractivity contribution in [3.63, 3.8) is 0 Å². The summed E-state index contributed by atoms with van der Waals surface area (Å²) >= 11 is 0. The number of nitrogens with zero attached hydrogens (tertiary/aromatic N) is 1. The number of para-hydroxylation sites is 1. The minimum absolute atomic E-state index is 0.0423. The Bertz CT molecular complexity index is 856. The van der Waals surface area contributed by atoms with Crippen LogP contribution in [0.5, 0.6) is 0 Å². The zero-order chi connectivity index (χ0) is 18.4. The Morgan fingerprint density at radius 1 is 1.31 bits per heavy atom. The molecule has 1 fully saturated rings. The number of Topliss-reactive ketones (excluding diaryl/α,β-unsaturated/α-hetero) is 1. The van der Waals surface area contributed by atoms with Gasteiger partial charge in [-0.25, -0.2) is 0 Å². The smallest absolute Gasteiger partial charge is 0.310 e. The van der Waals surface area contributed by atoms with E-state index in [1.54, 1.807) is 0 Å². The first-order chi connectivity index (χ1) is 12.5. The van der Waals surface area contributed by atoms with Crippen LogP contribution in [0.3, 0.4) is 0 Å². The van der Waals surface area contributed by atoms with Gasteiger partial charge in [0.15, 0.2) is 5.78 Å². The highest BCUT2D eigenvalue weighted by Gasteiger charge is 2.48. The van der Waals surface area contributed by atoms with E-state index in [0.717, 1.165) is 35.1 Å². The molecule has 2 aromatic rings. The van der Waals surface area contributed by atoms with Gasteiger partial charge in [-0.1, -0.05) is 31.5 Å². The molecular formula is C21H26N2O3. The normalized spacial score (nSPS) is 29.1. The second kappa shape index (κ2) is 6.54. The largest absolute Gasteiger partial charge is 0.469 e. The number of piperidine rings is 1. The van der Waals surface area contributed by atoms with Crippen molar-refractivity contribution in [2.75, 3.05) is 20.7 Å². The Hall–Kier alpha value is -2.14. The Kier molecular flexibility index (Phi) is 4.35. The lowest BCUT2D eigenvalue weighted by molar-refractivity contribution is -0.154.